The molecule has 0 amide bonds. The maximum atomic E-state index is 11.2. The molecule has 0 saturated heterocycles. The summed E-state index contributed by atoms with van der Waals surface area (Å²) in [4.78, 5) is 11.2. The minimum absolute atomic E-state index is 0.208. The van der Waals surface area contributed by atoms with Crippen LogP contribution in [0, 0.1) is 5.92 Å². The Bertz CT molecular complexity index is 457. The number of carboxylic acid groups (broad SMARTS) is 1. The zero-order valence-electron chi connectivity index (χ0n) is 10.5. The van der Waals surface area contributed by atoms with Gasteiger partial charge >= 0.3 is 5.97 Å². The second-order valence-electron chi connectivity index (χ2n) is 4.62. The fraction of sp³-hybridized carbons (Fsp3) is 0.462. The van der Waals surface area contributed by atoms with Gasteiger partial charge in [-0.05, 0) is 5.92 Å². The van der Waals surface area contributed by atoms with E-state index in [1.54, 1.807) is 6.07 Å². The maximum absolute atomic E-state index is 11.2. The molecule has 0 aliphatic carbocycles. The molecule has 0 atom stereocenters. The molecule has 0 fully saturated rings. The van der Waals surface area contributed by atoms with Crippen LogP contribution in [0.4, 0.5) is 5.69 Å². The summed E-state index contributed by atoms with van der Waals surface area (Å²) in [6.07, 6.45) is 0. The van der Waals surface area contributed by atoms with Crippen molar-refractivity contribution >= 4 is 11.7 Å². The molecule has 5 nitrogen and oxygen atoms in total. The molecule has 0 unspecified atom stereocenters. The summed E-state index contributed by atoms with van der Waals surface area (Å²) in [7, 11) is 0. The molecule has 0 saturated carbocycles. The van der Waals surface area contributed by atoms with Crippen LogP contribution in [-0.4, -0.2) is 30.8 Å². The van der Waals surface area contributed by atoms with E-state index in [1.807, 2.05) is 0 Å². The van der Waals surface area contributed by atoms with Crippen molar-refractivity contribution < 1.29 is 19.4 Å². The number of fused-ring (bicyclic) bond motifs is 1. The Morgan fingerprint density at radius 2 is 1.94 bits per heavy atom. The fourth-order valence-electron chi connectivity index (χ4n) is 1.73. The number of hydrogen-bond donors (Lipinski definition) is 2. The summed E-state index contributed by atoms with van der Waals surface area (Å²) >= 11 is 0. The van der Waals surface area contributed by atoms with Gasteiger partial charge in [0.25, 0.3) is 0 Å². The van der Waals surface area contributed by atoms with Crippen molar-refractivity contribution in [2.75, 3.05) is 25.1 Å². The lowest BCUT2D eigenvalue weighted by molar-refractivity contribution is 0.0696. The Labute approximate surface area is 106 Å². The highest BCUT2D eigenvalue weighted by Gasteiger charge is 2.19. The summed E-state index contributed by atoms with van der Waals surface area (Å²) in [5.74, 6) is 0.546. The van der Waals surface area contributed by atoms with Crippen molar-refractivity contribution in [3.63, 3.8) is 0 Å². The third-order valence-electron chi connectivity index (χ3n) is 2.61. The number of hydrogen-bond acceptors (Lipinski definition) is 4. The van der Waals surface area contributed by atoms with E-state index in [4.69, 9.17) is 9.47 Å². The van der Waals surface area contributed by atoms with Gasteiger partial charge in [0.05, 0.1) is 11.3 Å². The smallest absolute Gasteiger partial charge is 0.337 e. The van der Waals surface area contributed by atoms with Crippen molar-refractivity contribution in [2.24, 2.45) is 5.92 Å². The number of benzene rings is 1. The Morgan fingerprint density at radius 1 is 1.33 bits per heavy atom. The third-order valence-corrected chi connectivity index (χ3v) is 2.61. The summed E-state index contributed by atoms with van der Waals surface area (Å²) < 4.78 is 10.8. The zero-order chi connectivity index (χ0) is 13.1. The lowest BCUT2D eigenvalue weighted by atomic mass is 10.1. The second kappa shape index (κ2) is 5.16. The van der Waals surface area contributed by atoms with Crippen LogP contribution in [0.15, 0.2) is 12.1 Å². The molecular weight excluding hydrogens is 234 g/mol. The molecule has 5 heteroatoms. The summed E-state index contributed by atoms with van der Waals surface area (Å²) in [6.45, 7) is 5.77. The van der Waals surface area contributed by atoms with Crippen molar-refractivity contribution in [3.05, 3.63) is 17.7 Å². The van der Waals surface area contributed by atoms with Crippen LogP contribution in [0.2, 0.25) is 0 Å². The average Bonchev–Trinajstić information content (AvgIpc) is 2.35. The fourth-order valence-corrected chi connectivity index (χ4v) is 1.73. The van der Waals surface area contributed by atoms with Gasteiger partial charge < -0.3 is 19.9 Å². The van der Waals surface area contributed by atoms with Crippen LogP contribution >= 0.6 is 0 Å². The van der Waals surface area contributed by atoms with Gasteiger partial charge in [0.15, 0.2) is 11.5 Å². The summed E-state index contributed by atoms with van der Waals surface area (Å²) in [6, 6.07) is 3.21. The largest absolute Gasteiger partial charge is 0.486 e. The topological polar surface area (TPSA) is 67.8 Å². The Kier molecular flexibility index (Phi) is 3.60. The highest BCUT2D eigenvalue weighted by atomic mass is 16.6. The van der Waals surface area contributed by atoms with Gasteiger partial charge in [0, 0.05) is 18.7 Å². The Morgan fingerprint density at radius 3 is 2.50 bits per heavy atom. The van der Waals surface area contributed by atoms with E-state index in [9.17, 15) is 9.90 Å². The molecule has 0 aromatic heterocycles. The molecule has 18 heavy (non-hydrogen) atoms. The first kappa shape index (κ1) is 12.5. The van der Waals surface area contributed by atoms with Gasteiger partial charge in [-0.25, -0.2) is 4.79 Å². The van der Waals surface area contributed by atoms with E-state index in [0.29, 0.717) is 42.9 Å². The molecule has 0 bridgehead atoms. The number of rotatable bonds is 4. The molecule has 1 aliphatic heterocycles. The van der Waals surface area contributed by atoms with Gasteiger partial charge in [-0.1, -0.05) is 13.8 Å². The third kappa shape index (κ3) is 2.67. The van der Waals surface area contributed by atoms with E-state index >= 15 is 0 Å². The van der Waals surface area contributed by atoms with Crippen molar-refractivity contribution in [1.29, 1.82) is 0 Å². The first-order chi connectivity index (χ1) is 8.58. The lowest BCUT2D eigenvalue weighted by Crippen LogP contribution is -2.17. The van der Waals surface area contributed by atoms with Crippen LogP contribution in [0.5, 0.6) is 11.5 Å². The zero-order valence-corrected chi connectivity index (χ0v) is 10.5. The molecule has 1 aliphatic rings. The van der Waals surface area contributed by atoms with E-state index in [2.05, 4.69) is 19.2 Å². The predicted molar refractivity (Wildman–Crippen MR) is 67.7 cm³/mol. The molecule has 2 N–H and O–H groups in total. The quantitative estimate of drug-likeness (QED) is 0.858. The van der Waals surface area contributed by atoms with E-state index in [1.165, 1.54) is 6.07 Å². The van der Waals surface area contributed by atoms with E-state index in [0.717, 1.165) is 0 Å². The molecule has 1 heterocycles. The highest BCUT2D eigenvalue weighted by molar-refractivity contribution is 5.95. The Hall–Kier alpha value is -1.91. The SMILES string of the molecule is CC(C)CNc1cc2c(cc1C(=O)O)OCCO2. The number of carboxylic acids is 1. The van der Waals surface area contributed by atoms with E-state index < -0.39 is 5.97 Å². The number of ether oxygens (including phenoxy) is 2. The van der Waals surface area contributed by atoms with Crippen LogP contribution in [-0.2, 0) is 0 Å². The normalized spacial score (nSPS) is 13.5. The predicted octanol–water partition coefficient (Wildman–Crippen LogP) is 2.22. The average molecular weight is 251 g/mol. The molecule has 1 aromatic rings. The summed E-state index contributed by atoms with van der Waals surface area (Å²) in [5.41, 5.74) is 0.778. The van der Waals surface area contributed by atoms with Gasteiger partial charge in [0.2, 0.25) is 0 Å². The molecule has 98 valence electrons. The second-order valence-corrected chi connectivity index (χ2v) is 4.62. The van der Waals surface area contributed by atoms with E-state index in [-0.39, 0.29) is 5.56 Å². The van der Waals surface area contributed by atoms with Crippen molar-refractivity contribution in [1.82, 2.24) is 0 Å². The number of anilines is 1. The highest BCUT2D eigenvalue weighted by Crippen LogP contribution is 2.35. The van der Waals surface area contributed by atoms with Gasteiger partial charge in [0.1, 0.15) is 13.2 Å². The number of aromatic carboxylic acids is 1. The van der Waals surface area contributed by atoms with Crippen LogP contribution in [0.25, 0.3) is 0 Å². The number of nitrogens with one attached hydrogen (secondary N) is 1. The minimum atomic E-state index is -0.974. The van der Waals surface area contributed by atoms with Crippen molar-refractivity contribution in [2.45, 2.75) is 13.8 Å². The monoisotopic (exact) mass is 251 g/mol. The molecule has 1 aromatic carbocycles. The van der Waals surface area contributed by atoms with Gasteiger partial charge in [-0.2, -0.15) is 0 Å². The lowest BCUT2D eigenvalue weighted by Gasteiger charge is -2.21. The van der Waals surface area contributed by atoms with Crippen LogP contribution in [0.3, 0.4) is 0 Å². The maximum Gasteiger partial charge on any atom is 0.337 e. The molecular formula is C13H17NO4. The van der Waals surface area contributed by atoms with Crippen LogP contribution < -0.4 is 14.8 Å². The molecule has 0 radical (unpaired) electrons. The first-order valence-electron chi connectivity index (χ1n) is 5.98. The van der Waals surface area contributed by atoms with Crippen LogP contribution in [0.1, 0.15) is 24.2 Å². The standard InChI is InChI=1S/C13H17NO4/c1-8(2)7-14-10-6-12-11(17-3-4-18-12)5-9(10)13(15)16/h5-6,8,14H,3-4,7H2,1-2H3,(H,15,16). The molecule has 2 rings (SSSR count). The first-order valence-corrected chi connectivity index (χ1v) is 5.98. The number of carbonyl (C=O) groups is 1. The van der Waals surface area contributed by atoms with Crippen molar-refractivity contribution in [3.8, 4) is 11.5 Å². The summed E-state index contributed by atoms with van der Waals surface area (Å²) in [5, 5.41) is 12.3. The van der Waals surface area contributed by atoms with Gasteiger partial charge in [-0.15, -0.1) is 0 Å². The Balaban J connectivity index is 2.33. The minimum Gasteiger partial charge on any atom is -0.486 e. The molecule has 0 spiro atoms. The van der Waals surface area contributed by atoms with Gasteiger partial charge in [-0.3, -0.25) is 0 Å².